The first kappa shape index (κ1) is 22.9. The Morgan fingerprint density at radius 3 is 2.27 bits per heavy atom. The molecule has 0 unspecified atom stereocenters. The maximum Gasteiger partial charge on any atom is 0.324 e. The third-order valence-corrected chi connectivity index (χ3v) is 7.16. The number of amides is 2. The maximum atomic E-state index is 13.4. The normalized spacial score (nSPS) is 14.5. The molecular formula is C26H29N3O3S. The fourth-order valence-electron chi connectivity index (χ4n) is 4.02. The van der Waals surface area contributed by atoms with Crippen LogP contribution in [-0.2, 0) is 16.6 Å². The Morgan fingerprint density at radius 2 is 1.55 bits per heavy atom. The molecule has 172 valence electrons. The number of carbonyl (C=O) groups excluding carboxylic acids is 1. The lowest BCUT2D eigenvalue weighted by Crippen LogP contribution is -2.49. The first-order valence-electron chi connectivity index (χ1n) is 11.0. The summed E-state index contributed by atoms with van der Waals surface area (Å²) in [4.78, 5) is 17.1. The highest BCUT2D eigenvalue weighted by Gasteiger charge is 2.29. The van der Waals surface area contributed by atoms with Crippen molar-refractivity contribution in [3.8, 4) is 0 Å². The molecule has 0 bridgehead atoms. The molecule has 3 aromatic carbocycles. The summed E-state index contributed by atoms with van der Waals surface area (Å²) in [7, 11) is -3.80. The lowest BCUT2D eigenvalue weighted by molar-refractivity contribution is 0.192. The largest absolute Gasteiger partial charge is 0.324 e. The molecule has 0 aromatic heterocycles. The number of carbonyl (C=O) groups is 1. The summed E-state index contributed by atoms with van der Waals surface area (Å²) in [6.07, 6.45) is 0.801. The summed E-state index contributed by atoms with van der Waals surface area (Å²) in [5.74, 6) is 0. The minimum atomic E-state index is -3.80. The van der Waals surface area contributed by atoms with Gasteiger partial charge in [0.15, 0.2) is 0 Å². The van der Waals surface area contributed by atoms with Gasteiger partial charge in [0, 0.05) is 19.6 Å². The van der Waals surface area contributed by atoms with Crippen LogP contribution < -0.4 is 9.62 Å². The van der Waals surface area contributed by atoms with E-state index in [9.17, 15) is 13.2 Å². The summed E-state index contributed by atoms with van der Waals surface area (Å²) in [5, 5.41) is 0. The Morgan fingerprint density at radius 1 is 0.848 bits per heavy atom. The molecule has 0 aliphatic carbocycles. The number of urea groups is 1. The summed E-state index contributed by atoms with van der Waals surface area (Å²) in [6.45, 7) is 7.51. The zero-order valence-electron chi connectivity index (χ0n) is 19.2. The van der Waals surface area contributed by atoms with E-state index in [0.29, 0.717) is 31.0 Å². The molecule has 33 heavy (non-hydrogen) atoms. The molecule has 1 saturated heterocycles. The molecule has 6 nitrogen and oxygen atoms in total. The average Bonchev–Trinajstić information content (AvgIpc) is 2.77. The van der Waals surface area contributed by atoms with Gasteiger partial charge in [-0.05, 0) is 68.1 Å². The fourth-order valence-corrected chi connectivity index (χ4v) is 5.19. The van der Waals surface area contributed by atoms with Gasteiger partial charge in [-0.3, -0.25) is 9.62 Å². The third kappa shape index (κ3) is 5.20. The highest BCUT2D eigenvalue weighted by Crippen LogP contribution is 2.32. The van der Waals surface area contributed by atoms with Gasteiger partial charge in [-0.1, -0.05) is 48.0 Å². The van der Waals surface area contributed by atoms with E-state index in [-0.39, 0.29) is 10.9 Å². The standard InChI is InChI=1S/C26H29N3O3S/c1-19-8-11-22(12-9-19)18-28-14-5-15-29(26(28)30)25-13-10-21(3)17-24(25)27-33(31,32)23-7-4-6-20(2)16-23/h4,6-13,16-17,27H,5,14-15,18H2,1-3H3. The number of hydrogen-bond acceptors (Lipinski definition) is 3. The SMILES string of the molecule is Cc1ccc(CN2CCCN(c3ccc(C)cc3NS(=O)(=O)c3cccc(C)c3)C2=O)cc1. The predicted molar refractivity (Wildman–Crippen MR) is 132 cm³/mol. The van der Waals surface area contributed by atoms with Gasteiger partial charge in [0.05, 0.1) is 16.3 Å². The molecule has 0 radical (unpaired) electrons. The van der Waals surface area contributed by atoms with Crippen LogP contribution in [0.15, 0.2) is 71.6 Å². The van der Waals surface area contributed by atoms with Crippen LogP contribution in [-0.4, -0.2) is 32.4 Å². The Kier molecular flexibility index (Phi) is 6.42. The first-order valence-corrected chi connectivity index (χ1v) is 12.5. The Labute approximate surface area is 195 Å². The van der Waals surface area contributed by atoms with Gasteiger partial charge >= 0.3 is 6.03 Å². The van der Waals surface area contributed by atoms with Gasteiger partial charge in [-0.2, -0.15) is 0 Å². The van der Waals surface area contributed by atoms with Crippen LogP contribution in [0.2, 0.25) is 0 Å². The third-order valence-electron chi connectivity index (χ3n) is 5.79. The van der Waals surface area contributed by atoms with Crippen LogP contribution in [0.4, 0.5) is 16.2 Å². The molecule has 1 N–H and O–H groups in total. The van der Waals surface area contributed by atoms with Crippen molar-refractivity contribution in [2.75, 3.05) is 22.7 Å². The van der Waals surface area contributed by atoms with Crippen LogP contribution in [0.3, 0.4) is 0 Å². The van der Waals surface area contributed by atoms with Crippen molar-refractivity contribution >= 4 is 27.4 Å². The molecule has 7 heteroatoms. The zero-order chi connectivity index (χ0) is 23.6. The molecule has 1 aliphatic rings. The van der Waals surface area contributed by atoms with Crippen molar-refractivity contribution < 1.29 is 13.2 Å². The number of hydrogen-bond donors (Lipinski definition) is 1. The summed E-state index contributed by atoms with van der Waals surface area (Å²) in [5.41, 5.74) is 4.98. The molecule has 2 amide bonds. The topological polar surface area (TPSA) is 69.7 Å². The number of rotatable bonds is 6. The molecule has 1 aliphatic heterocycles. The van der Waals surface area contributed by atoms with Crippen molar-refractivity contribution in [3.05, 3.63) is 89.0 Å². The van der Waals surface area contributed by atoms with Crippen LogP contribution in [0.5, 0.6) is 0 Å². The molecule has 3 aromatic rings. The second-order valence-corrected chi connectivity index (χ2v) is 10.3. The van der Waals surface area contributed by atoms with Crippen molar-refractivity contribution in [2.24, 2.45) is 0 Å². The summed E-state index contributed by atoms with van der Waals surface area (Å²) >= 11 is 0. The number of nitrogens with zero attached hydrogens (tertiary/aromatic N) is 2. The number of nitrogens with one attached hydrogen (secondary N) is 1. The van der Waals surface area contributed by atoms with E-state index in [0.717, 1.165) is 23.1 Å². The zero-order valence-corrected chi connectivity index (χ0v) is 20.0. The molecule has 0 atom stereocenters. The Balaban J connectivity index is 1.62. The molecule has 1 heterocycles. The van der Waals surface area contributed by atoms with Crippen molar-refractivity contribution in [2.45, 2.75) is 38.6 Å². The summed E-state index contributed by atoms with van der Waals surface area (Å²) < 4.78 is 28.9. The summed E-state index contributed by atoms with van der Waals surface area (Å²) in [6, 6.07) is 20.3. The Hall–Kier alpha value is -3.32. The van der Waals surface area contributed by atoms with E-state index in [1.165, 1.54) is 5.56 Å². The number of aryl methyl sites for hydroxylation is 3. The average molecular weight is 464 g/mol. The predicted octanol–water partition coefficient (Wildman–Crippen LogP) is 5.24. The molecule has 0 saturated carbocycles. The second kappa shape index (κ2) is 9.27. The smallest absolute Gasteiger partial charge is 0.320 e. The van der Waals surface area contributed by atoms with E-state index >= 15 is 0 Å². The highest BCUT2D eigenvalue weighted by atomic mass is 32.2. The van der Waals surface area contributed by atoms with Gasteiger partial charge in [0.1, 0.15) is 0 Å². The van der Waals surface area contributed by atoms with Gasteiger partial charge in [0.2, 0.25) is 0 Å². The quantitative estimate of drug-likeness (QED) is 0.543. The molecule has 0 spiro atoms. The van der Waals surface area contributed by atoms with Crippen LogP contribution in [0, 0.1) is 20.8 Å². The van der Waals surface area contributed by atoms with Gasteiger partial charge < -0.3 is 4.90 Å². The maximum absolute atomic E-state index is 13.4. The second-order valence-electron chi connectivity index (χ2n) is 8.64. The molecule has 1 fully saturated rings. The Bertz CT molecular complexity index is 1270. The van der Waals surface area contributed by atoms with Crippen LogP contribution in [0.1, 0.15) is 28.7 Å². The van der Waals surface area contributed by atoms with E-state index in [2.05, 4.69) is 4.72 Å². The van der Waals surface area contributed by atoms with E-state index in [1.54, 1.807) is 29.2 Å². The van der Waals surface area contributed by atoms with Crippen molar-refractivity contribution in [1.29, 1.82) is 0 Å². The van der Waals surface area contributed by atoms with Crippen molar-refractivity contribution in [3.63, 3.8) is 0 Å². The number of anilines is 2. The van der Waals surface area contributed by atoms with E-state index < -0.39 is 10.0 Å². The highest BCUT2D eigenvalue weighted by molar-refractivity contribution is 7.92. The molecular weight excluding hydrogens is 434 g/mol. The van der Waals surface area contributed by atoms with E-state index in [4.69, 9.17) is 0 Å². The van der Waals surface area contributed by atoms with Gasteiger partial charge in [-0.25, -0.2) is 13.2 Å². The van der Waals surface area contributed by atoms with Crippen molar-refractivity contribution in [1.82, 2.24) is 4.90 Å². The monoisotopic (exact) mass is 463 g/mol. The van der Waals surface area contributed by atoms with E-state index in [1.807, 2.05) is 68.1 Å². The molecule has 4 rings (SSSR count). The first-order chi connectivity index (χ1) is 15.7. The van der Waals surface area contributed by atoms with Gasteiger partial charge in [-0.15, -0.1) is 0 Å². The minimum Gasteiger partial charge on any atom is -0.320 e. The lowest BCUT2D eigenvalue weighted by Gasteiger charge is -2.36. The lowest BCUT2D eigenvalue weighted by atomic mass is 10.1. The van der Waals surface area contributed by atoms with Crippen LogP contribution in [0.25, 0.3) is 0 Å². The van der Waals surface area contributed by atoms with Gasteiger partial charge in [0.25, 0.3) is 10.0 Å². The number of sulfonamides is 1. The fraction of sp³-hybridized carbons (Fsp3) is 0.269. The minimum absolute atomic E-state index is 0.123. The number of benzene rings is 3. The van der Waals surface area contributed by atoms with Crippen LogP contribution >= 0.6 is 0 Å².